The van der Waals surface area contributed by atoms with Crippen LogP contribution in [0.1, 0.15) is 12.5 Å². The molecule has 1 saturated heterocycles. The average molecular weight is 248 g/mol. The molecule has 4 nitrogen and oxygen atoms in total. The molecule has 1 aromatic rings. The number of para-hydroxylation sites is 1. The molecular formula is C14H20N2O2. The Labute approximate surface area is 108 Å². The van der Waals surface area contributed by atoms with Crippen molar-refractivity contribution in [2.24, 2.45) is 11.7 Å². The van der Waals surface area contributed by atoms with Crippen molar-refractivity contribution >= 4 is 11.6 Å². The van der Waals surface area contributed by atoms with E-state index < -0.39 is 0 Å². The van der Waals surface area contributed by atoms with Gasteiger partial charge in [-0.05, 0) is 25.5 Å². The summed E-state index contributed by atoms with van der Waals surface area (Å²) in [6, 6.07) is 7.72. The molecule has 0 radical (unpaired) electrons. The van der Waals surface area contributed by atoms with Crippen molar-refractivity contribution in [3.8, 4) is 0 Å². The fourth-order valence-corrected chi connectivity index (χ4v) is 2.34. The zero-order valence-corrected chi connectivity index (χ0v) is 10.9. The number of anilines is 1. The van der Waals surface area contributed by atoms with Gasteiger partial charge in [-0.3, -0.25) is 4.79 Å². The van der Waals surface area contributed by atoms with Gasteiger partial charge in [0.15, 0.2) is 0 Å². The van der Waals surface area contributed by atoms with Crippen molar-refractivity contribution in [2.45, 2.75) is 19.9 Å². The van der Waals surface area contributed by atoms with Gasteiger partial charge in [0.25, 0.3) is 0 Å². The van der Waals surface area contributed by atoms with Crippen LogP contribution in [0.25, 0.3) is 0 Å². The van der Waals surface area contributed by atoms with Crippen LogP contribution in [0.2, 0.25) is 0 Å². The van der Waals surface area contributed by atoms with Crippen LogP contribution in [0, 0.1) is 12.8 Å². The molecule has 0 spiro atoms. The van der Waals surface area contributed by atoms with E-state index in [4.69, 9.17) is 10.5 Å². The van der Waals surface area contributed by atoms with Crippen molar-refractivity contribution < 1.29 is 9.53 Å². The highest BCUT2D eigenvalue weighted by Crippen LogP contribution is 2.23. The largest absolute Gasteiger partial charge is 0.379 e. The maximum absolute atomic E-state index is 12.5. The Morgan fingerprint density at radius 1 is 1.44 bits per heavy atom. The van der Waals surface area contributed by atoms with E-state index in [1.165, 1.54) is 0 Å². The first-order chi connectivity index (χ1) is 8.65. The van der Waals surface area contributed by atoms with Crippen LogP contribution < -0.4 is 10.6 Å². The van der Waals surface area contributed by atoms with Crippen molar-refractivity contribution in [3.05, 3.63) is 29.8 Å². The highest BCUT2D eigenvalue weighted by molar-refractivity contribution is 5.96. The Balaban J connectivity index is 2.23. The van der Waals surface area contributed by atoms with E-state index in [9.17, 15) is 4.79 Å². The lowest BCUT2D eigenvalue weighted by atomic mass is 10.0. The molecule has 2 unspecified atom stereocenters. The Morgan fingerprint density at radius 3 is 2.72 bits per heavy atom. The van der Waals surface area contributed by atoms with Crippen molar-refractivity contribution in [1.29, 1.82) is 0 Å². The van der Waals surface area contributed by atoms with Gasteiger partial charge in [-0.2, -0.15) is 0 Å². The minimum atomic E-state index is -0.218. The number of nitrogens with zero attached hydrogens (tertiary/aromatic N) is 1. The normalized spacial score (nSPS) is 23.1. The van der Waals surface area contributed by atoms with Gasteiger partial charge >= 0.3 is 0 Å². The molecule has 2 rings (SSSR count). The molecule has 2 atom stereocenters. The molecule has 2 N–H and O–H groups in total. The third-order valence-corrected chi connectivity index (χ3v) is 3.43. The van der Waals surface area contributed by atoms with Crippen LogP contribution in [0.4, 0.5) is 5.69 Å². The number of ether oxygens (including phenoxy) is 1. The summed E-state index contributed by atoms with van der Waals surface area (Å²) in [6.45, 7) is 5.54. The summed E-state index contributed by atoms with van der Waals surface area (Å²) in [7, 11) is 0. The molecule has 1 heterocycles. The second-order valence-corrected chi connectivity index (χ2v) is 4.68. The van der Waals surface area contributed by atoms with Gasteiger partial charge in [-0.1, -0.05) is 18.2 Å². The zero-order valence-electron chi connectivity index (χ0n) is 10.9. The number of amides is 1. The summed E-state index contributed by atoms with van der Waals surface area (Å²) >= 11 is 0. The van der Waals surface area contributed by atoms with E-state index in [2.05, 4.69) is 0 Å². The zero-order chi connectivity index (χ0) is 13.1. The molecule has 1 amide bonds. The third kappa shape index (κ3) is 2.40. The predicted octanol–water partition coefficient (Wildman–Crippen LogP) is 1.32. The molecule has 1 aromatic carbocycles. The number of benzene rings is 1. The molecular weight excluding hydrogens is 228 g/mol. The van der Waals surface area contributed by atoms with Gasteiger partial charge in [0.2, 0.25) is 5.91 Å². The lowest BCUT2D eigenvalue weighted by molar-refractivity contribution is -0.122. The van der Waals surface area contributed by atoms with E-state index in [1.807, 2.05) is 38.1 Å². The fourth-order valence-electron chi connectivity index (χ4n) is 2.34. The second kappa shape index (κ2) is 5.50. The van der Waals surface area contributed by atoms with Crippen molar-refractivity contribution in [1.82, 2.24) is 0 Å². The summed E-state index contributed by atoms with van der Waals surface area (Å²) in [4.78, 5) is 14.3. The minimum absolute atomic E-state index is 0.0665. The van der Waals surface area contributed by atoms with Crippen LogP contribution in [-0.2, 0) is 9.53 Å². The van der Waals surface area contributed by atoms with Gasteiger partial charge in [0.1, 0.15) is 0 Å². The number of nitrogens with two attached hydrogens (primary N) is 1. The topological polar surface area (TPSA) is 55.6 Å². The Morgan fingerprint density at radius 2 is 2.17 bits per heavy atom. The maximum atomic E-state index is 12.5. The number of rotatable bonds is 3. The van der Waals surface area contributed by atoms with Gasteiger partial charge < -0.3 is 15.4 Å². The number of aryl methyl sites for hydroxylation is 1. The summed E-state index contributed by atoms with van der Waals surface area (Å²) in [5.41, 5.74) is 7.98. The third-order valence-electron chi connectivity index (χ3n) is 3.43. The Kier molecular flexibility index (Phi) is 3.99. The Hall–Kier alpha value is -1.39. The smallest absolute Gasteiger partial charge is 0.234 e. The molecule has 1 fully saturated rings. The maximum Gasteiger partial charge on any atom is 0.234 e. The SMILES string of the molecule is CCN(C(=O)C1COCC1N)c1ccccc1C. The van der Waals surface area contributed by atoms with Crippen LogP contribution >= 0.6 is 0 Å². The molecule has 0 aromatic heterocycles. The molecule has 1 aliphatic rings. The second-order valence-electron chi connectivity index (χ2n) is 4.68. The quantitative estimate of drug-likeness (QED) is 0.877. The van der Waals surface area contributed by atoms with Crippen LogP contribution in [-0.4, -0.2) is 31.7 Å². The average Bonchev–Trinajstić information content (AvgIpc) is 2.78. The lowest BCUT2D eigenvalue weighted by Crippen LogP contribution is -2.44. The van der Waals surface area contributed by atoms with Gasteiger partial charge in [0, 0.05) is 18.3 Å². The van der Waals surface area contributed by atoms with Gasteiger partial charge in [-0.15, -0.1) is 0 Å². The summed E-state index contributed by atoms with van der Waals surface area (Å²) in [5, 5.41) is 0. The Bertz CT molecular complexity index is 434. The van der Waals surface area contributed by atoms with Gasteiger partial charge in [0.05, 0.1) is 19.1 Å². The van der Waals surface area contributed by atoms with E-state index in [-0.39, 0.29) is 17.9 Å². The first-order valence-corrected chi connectivity index (χ1v) is 6.35. The van der Waals surface area contributed by atoms with Crippen LogP contribution in [0.3, 0.4) is 0 Å². The highest BCUT2D eigenvalue weighted by Gasteiger charge is 2.34. The van der Waals surface area contributed by atoms with Crippen molar-refractivity contribution in [3.63, 3.8) is 0 Å². The first kappa shape index (κ1) is 13.1. The summed E-state index contributed by atoms with van der Waals surface area (Å²) in [6.07, 6.45) is 0. The fraction of sp³-hybridized carbons (Fsp3) is 0.500. The van der Waals surface area contributed by atoms with E-state index in [1.54, 1.807) is 4.90 Å². The predicted molar refractivity (Wildman–Crippen MR) is 71.5 cm³/mol. The summed E-state index contributed by atoms with van der Waals surface area (Å²) in [5.74, 6) is -0.152. The molecule has 18 heavy (non-hydrogen) atoms. The molecule has 0 bridgehead atoms. The van der Waals surface area contributed by atoms with E-state index >= 15 is 0 Å². The number of hydrogen-bond donors (Lipinski definition) is 1. The van der Waals surface area contributed by atoms with Crippen molar-refractivity contribution in [2.75, 3.05) is 24.7 Å². The van der Waals surface area contributed by atoms with Gasteiger partial charge in [-0.25, -0.2) is 0 Å². The molecule has 0 aliphatic carbocycles. The minimum Gasteiger partial charge on any atom is -0.379 e. The molecule has 0 saturated carbocycles. The monoisotopic (exact) mass is 248 g/mol. The highest BCUT2D eigenvalue weighted by atomic mass is 16.5. The standard InChI is InChI=1S/C14H20N2O2/c1-3-16(13-7-5-4-6-10(13)2)14(17)11-8-18-9-12(11)15/h4-7,11-12H,3,8-9,15H2,1-2H3. The van der Waals surface area contributed by atoms with E-state index in [0.29, 0.717) is 19.8 Å². The number of carbonyl (C=O) groups excluding carboxylic acids is 1. The summed E-state index contributed by atoms with van der Waals surface area (Å²) < 4.78 is 5.28. The molecule has 4 heteroatoms. The molecule has 1 aliphatic heterocycles. The first-order valence-electron chi connectivity index (χ1n) is 6.35. The number of hydrogen-bond acceptors (Lipinski definition) is 3. The number of carbonyl (C=O) groups is 1. The van der Waals surface area contributed by atoms with Crippen LogP contribution in [0.15, 0.2) is 24.3 Å². The lowest BCUT2D eigenvalue weighted by Gasteiger charge is -2.26. The molecule has 98 valence electrons. The van der Waals surface area contributed by atoms with Crippen LogP contribution in [0.5, 0.6) is 0 Å². The van der Waals surface area contributed by atoms with E-state index in [0.717, 1.165) is 11.3 Å².